The number of fused-ring (bicyclic) bond motifs is 8. The van der Waals surface area contributed by atoms with Crippen LogP contribution in [0, 0.1) is 0 Å². The normalized spacial score (nSPS) is 10.8. The van der Waals surface area contributed by atoms with Crippen molar-refractivity contribution in [3.63, 3.8) is 0 Å². The highest BCUT2D eigenvalue weighted by Gasteiger charge is 2.10. The molecule has 2 N–H and O–H groups in total. The predicted octanol–water partition coefficient (Wildman–Crippen LogP) is 4.54. The van der Waals surface area contributed by atoms with Crippen LogP contribution in [0.15, 0.2) is 84.9 Å². The fraction of sp³-hybridized carbons (Fsp3) is 0. The van der Waals surface area contributed by atoms with Crippen LogP contribution in [-0.4, -0.2) is 17.7 Å². The highest BCUT2D eigenvalue weighted by atomic mass is 16.4. The average molecular weight is 324 g/mol. The summed E-state index contributed by atoms with van der Waals surface area (Å²) in [6.07, 6.45) is 0. The van der Waals surface area contributed by atoms with Gasteiger partial charge in [-0.25, -0.2) is 0 Å². The lowest BCUT2D eigenvalue weighted by molar-refractivity contribution is 0.448. The molecule has 0 aliphatic heterocycles. The largest absolute Gasteiger partial charge is 0.432 e. The third kappa shape index (κ3) is 2.54. The van der Waals surface area contributed by atoms with E-state index >= 15 is 0 Å². The van der Waals surface area contributed by atoms with Crippen molar-refractivity contribution in [2.45, 2.75) is 0 Å². The molecule has 0 aliphatic rings. The molecule has 0 radical (unpaired) electrons. The van der Waals surface area contributed by atoms with E-state index in [2.05, 4.69) is 84.9 Å². The number of hydrogen-bond donors (Lipinski definition) is 2. The Labute approximate surface area is 146 Å². The second kappa shape index (κ2) is 6.56. The Morgan fingerprint density at radius 1 is 0.440 bits per heavy atom. The standard InChI is InChI=1S/C22H14.BH3O2/c1-2-8-16-15(7-1)13-14-21-19-11-4-3-9-17(19)18-10-5-6-12-20(18)22(16)21;2-1-3/h1-14H;1-3H. The summed E-state index contributed by atoms with van der Waals surface area (Å²) in [5, 5.41) is 24.9. The molecule has 0 aromatic heterocycles. The first kappa shape index (κ1) is 15.6. The Balaban J connectivity index is 0.000000490. The maximum Gasteiger partial charge on any atom is 0.432 e. The molecule has 5 rings (SSSR count). The van der Waals surface area contributed by atoms with Gasteiger partial charge in [-0.1, -0.05) is 84.9 Å². The van der Waals surface area contributed by atoms with E-state index in [1.54, 1.807) is 0 Å². The summed E-state index contributed by atoms with van der Waals surface area (Å²) >= 11 is 0. The molecular weight excluding hydrogens is 307 g/mol. The summed E-state index contributed by atoms with van der Waals surface area (Å²) in [6, 6.07) is 30.6. The average Bonchev–Trinajstić information content (AvgIpc) is 2.68. The van der Waals surface area contributed by atoms with Crippen molar-refractivity contribution in [2.75, 3.05) is 0 Å². The molecule has 5 aromatic rings. The summed E-state index contributed by atoms with van der Waals surface area (Å²) in [4.78, 5) is 0. The van der Waals surface area contributed by atoms with Crippen LogP contribution in [0.1, 0.15) is 0 Å². The van der Waals surface area contributed by atoms with Gasteiger partial charge >= 0.3 is 7.69 Å². The second-order valence-electron chi connectivity index (χ2n) is 5.94. The molecule has 0 aliphatic carbocycles. The van der Waals surface area contributed by atoms with Crippen LogP contribution >= 0.6 is 0 Å². The first-order chi connectivity index (χ1) is 12.3. The van der Waals surface area contributed by atoms with E-state index in [4.69, 9.17) is 10.0 Å². The molecule has 0 bridgehead atoms. The Hall–Kier alpha value is -2.88. The van der Waals surface area contributed by atoms with Crippen LogP contribution in [0.3, 0.4) is 0 Å². The van der Waals surface area contributed by atoms with Gasteiger partial charge in [-0.2, -0.15) is 0 Å². The Morgan fingerprint density at radius 2 is 0.840 bits per heavy atom. The minimum atomic E-state index is -0.750. The number of benzene rings is 5. The molecule has 2 nitrogen and oxygen atoms in total. The zero-order valence-corrected chi connectivity index (χ0v) is 13.7. The van der Waals surface area contributed by atoms with Crippen LogP contribution in [0.25, 0.3) is 43.1 Å². The van der Waals surface area contributed by atoms with Crippen molar-refractivity contribution in [3.8, 4) is 0 Å². The van der Waals surface area contributed by atoms with E-state index in [0.717, 1.165) is 0 Å². The first-order valence-corrected chi connectivity index (χ1v) is 8.28. The molecule has 5 aromatic carbocycles. The third-order valence-electron chi connectivity index (χ3n) is 4.63. The van der Waals surface area contributed by atoms with Gasteiger partial charge < -0.3 is 10.0 Å². The van der Waals surface area contributed by atoms with E-state index in [-0.39, 0.29) is 0 Å². The van der Waals surface area contributed by atoms with Crippen molar-refractivity contribution in [3.05, 3.63) is 84.9 Å². The van der Waals surface area contributed by atoms with E-state index in [1.807, 2.05) is 0 Å². The van der Waals surface area contributed by atoms with E-state index in [0.29, 0.717) is 0 Å². The zero-order chi connectivity index (χ0) is 17.2. The van der Waals surface area contributed by atoms with Gasteiger partial charge in [0.1, 0.15) is 0 Å². The minimum Gasteiger partial charge on any atom is -0.430 e. The lowest BCUT2D eigenvalue weighted by atomic mass is 9.91. The minimum absolute atomic E-state index is 0.750. The molecule has 0 fully saturated rings. The van der Waals surface area contributed by atoms with Gasteiger partial charge in [0.15, 0.2) is 0 Å². The van der Waals surface area contributed by atoms with Crippen LogP contribution in [0.4, 0.5) is 0 Å². The smallest absolute Gasteiger partial charge is 0.430 e. The fourth-order valence-corrected chi connectivity index (χ4v) is 3.67. The summed E-state index contributed by atoms with van der Waals surface area (Å²) in [5.74, 6) is 0. The maximum absolute atomic E-state index is 7.12. The van der Waals surface area contributed by atoms with Crippen molar-refractivity contribution < 1.29 is 10.0 Å². The highest BCUT2D eigenvalue weighted by Crippen LogP contribution is 2.38. The molecule has 0 unspecified atom stereocenters. The molecular formula is C22H17BO2. The van der Waals surface area contributed by atoms with Gasteiger partial charge in [-0.3, -0.25) is 0 Å². The van der Waals surface area contributed by atoms with Crippen molar-refractivity contribution >= 4 is 50.8 Å². The first-order valence-electron chi connectivity index (χ1n) is 8.28. The highest BCUT2D eigenvalue weighted by molar-refractivity contribution is 6.31. The van der Waals surface area contributed by atoms with Crippen LogP contribution in [-0.2, 0) is 0 Å². The van der Waals surface area contributed by atoms with Gasteiger partial charge in [-0.05, 0) is 43.1 Å². The van der Waals surface area contributed by atoms with E-state index in [1.165, 1.54) is 43.1 Å². The van der Waals surface area contributed by atoms with Crippen LogP contribution < -0.4 is 0 Å². The molecule has 0 saturated carbocycles. The monoisotopic (exact) mass is 324 g/mol. The summed E-state index contributed by atoms with van der Waals surface area (Å²) < 4.78 is 0. The Morgan fingerprint density at radius 3 is 1.44 bits per heavy atom. The zero-order valence-electron chi connectivity index (χ0n) is 13.7. The van der Waals surface area contributed by atoms with Crippen molar-refractivity contribution in [1.29, 1.82) is 0 Å². The molecule has 0 atom stereocenters. The maximum atomic E-state index is 7.12. The van der Waals surface area contributed by atoms with Gasteiger partial charge in [0.25, 0.3) is 0 Å². The Kier molecular flexibility index (Phi) is 4.10. The topological polar surface area (TPSA) is 40.5 Å². The Bertz CT molecular complexity index is 1150. The van der Waals surface area contributed by atoms with E-state index in [9.17, 15) is 0 Å². The lowest BCUT2D eigenvalue weighted by Gasteiger charge is -2.12. The molecule has 25 heavy (non-hydrogen) atoms. The fourth-order valence-electron chi connectivity index (χ4n) is 3.67. The quantitative estimate of drug-likeness (QED) is 0.324. The predicted molar refractivity (Wildman–Crippen MR) is 108 cm³/mol. The lowest BCUT2D eigenvalue weighted by Crippen LogP contribution is -1.84. The second-order valence-corrected chi connectivity index (χ2v) is 5.94. The molecule has 3 heteroatoms. The van der Waals surface area contributed by atoms with Crippen molar-refractivity contribution in [2.24, 2.45) is 0 Å². The molecule has 0 spiro atoms. The summed E-state index contributed by atoms with van der Waals surface area (Å²) in [5.41, 5.74) is 0. The van der Waals surface area contributed by atoms with Gasteiger partial charge in [0, 0.05) is 0 Å². The number of hydrogen-bond acceptors (Lipinski definition) is 2. The van der Waals surface area contributed by atoms with E-state index < -0.39 is 7.69 Å². The van der Waals surface area contributed by atoms with Gasteiger partial charge in [-0.15, -0.1) is 0 Å². The van der Waals surface area contributed by atoms with Crippen LogP contribution in [0.5, 0.6) is 0 Å². The molecule has 0 amide bonds. The molecule has 0 heterocycles. The summed E-state index contributed by atoms with van der Waals surface area (Å²) in [7, 11) is -0.750. The van der Waals surface area contributed by atoms with Gasteiger partial charge in [0.2, 0.25) is 0 Å². The molecule has 120 valence electrons. The van der Waals surface area contributed by atoms with Crippen LogP contribution in [0.2, 0.25) is 0 Å². The summed E-state index contributed by atoms with van der Waals surface area (Å²) in [6.45, 7) is 0. The van der Waals surface area contributed by atoms with Gasteiger partial charge in [0.05, 0.1) is 0 Å². The number of rotatable bonds is 0. The SMILES string of the molecule is OBO.c1ccc2c(c1)ccc1c3ccccc3c3ccccc3c21. The molecule has 0 saturated heterocycles. The van der Waals surface area contributed by atoms with Crippen molar-refractivity contribution in [1.82, 2.24) is 0 Å². The third-order valence-corrected chi connectivity index (χ3v) is 4.63.